The Bertz CT molecular complexity index is 1000. The zero-order chi connectivity index (χ0) is 21.0. The van der Waals surface area contributed by atoms with Crippen LogP contribution in [0.4, 0.5) is 17.6 Å². The smallest absolute Gasteiger partial charge is 0.416 e. The van der Waals surface area contributed by atoms with E-state index in [-0.39, 0.29) is 16.8 Å². The molecule has 0 spiro atoms. The molecule has 1 unspecified atom stereocenters. The first-order valence-corrected chi connectivity index (χ1v) is 8.52. The fraction of sp³-hybridized carbons (Fsp3) is 0.143. The number of methoxy groups -OCH3 is 1. The van der Waals surface area contributed by atoms with E-state index in [1.54, 1.807) is 18.2 Å². The van der Waals surface area contributed by atoms with Gasteiger partial charge in [-0.25, -0.2) is 4.39 Å². The van der Waals surface area contributed by atoms with Gasteiger partial charge in [-0.2, -0.15) is 13.2 Å². The van der Waals surface area contributed by atoms with Crippen molar-refractivity contribution in [3.8, 4) is 5.75 Å². The largest absolute Gasteiger partial charge is 0.496 e. The van der Waals surface area contributed by atoms with Crippen LogP contribution in [0.15, 0.2) is 66.9 Å². The van der Waals surface area contributed by atoms with Crippen molar-refractivity contribution in [2.24, 2.45) is 0 Å². The van der Waals surface area contributed by atoms with E-state index in [0.29, 0.717) is 5.75 Å². The lowest BCUT2D eigenvalue weighted by Gasteiger charge is -2.20. The van der Waals surface area contributed by atoms with E-state index in [1.807, 2.05) is 0 Å². The normalized spacial score (nSPS) is 12.3. The first-order chi connectivity index (χ1) is 13.8. The molecule has 0 aliphatic carbocycles. The van der Waals surface area contributed by atoms with Crippen molar-refractivity contribution in [1.29, 1.82) is 0 Å². The van der Waals surface area contributed by atoms with Gasteiger partial charge in [0.05, 0.1) is 24.3 Å². The number of amides is 1. The molecular formula is C21H16F4N2O2. The Kier molecular flexibility index (Phi) is 5.81. The number of benzene rings is 2. The standard InChI is InChI=1S/C21H16F4N2O2/c1-29-17-7-3-2-5-15(17)20(28)27-18(19-16(22)6-4-12-26-19)13-8-10-14(11-9-13)21(23,24)25/h2-12,18H,1H3,(H,27,28). The zero-order valence-corrected chi connectivity index (χ0v) is 15.2. The lowest BCUT2D eigenvalue weighted by molar-refractivity contribution is -0.137. The summed E-state index contributed by atoms with van der Waals surface area (Å²) in [4.78, 5) is 16.8. The second-order valence-electron chi connectivity index (χ2n) is 6.10. The SMILES string of the molecule is COc1ccccc1C(=O)NC(c1ccc(C(F)(F)F)cc1)c1ncccc1F. The molecule has 0 bridgehead atoms. The molecule has 1 aromatic heterocycles. The fourth-order valence-electron chi connectivity index (χ4n) is 2.83. The molecule has 1 atom stereocenters. The van der Waals surface area contributed by atoms with Crippen molar-refractivity contribution in [3.05, 3.63) is 95.1 Å². The average molecular weight is 404 g/mol. The van der Waals surface area contributed by atoms with E-state index >= 15 is 0 Å². The Labute approximate surface area is 164 Å². The highest BCUT2D eigenvalue weighted by atomic mass is 19.4. The molecule has 3 rings (SSSR count). The third-order valence-corrected chi connectivity index (χ3v) is 4.26. The summed E-state index contributed by atoms with van der Waals surface area (Å²) in [6, 6.07) is 12.0. The van der Waals surface area contributed by atoms with E-state index in [2.05, 4.69) is 10.3 Å². The number of carbonyl (C=O) groups is 1. The number of alkyl halides is 3. The Morgan fingerprint density at radius 3 is 2.34 bits per heavy atom. The van der Waals surface area contributed by atoms with Gasteiger partial charge in [0.2, 0.25) is 0 Å². The van der Waals surface area contributed by atoms with Crippen molar-refractivity contribution in [1.82, 2.24) is 10.3 Å². The average Bonchev–Trinajstić information content (AvgIpc) is 2.72. The first kappa shape index (κ1) is 20.3. The Morgan fingerprint density at radius 2 is 1.72 bits per heavy atom. The number of hydrogen-bond donors (Lipinski definition) is 1. The van der Waals surface area contributed by atoms with E-state index in [0.717, 1.165) is 18.2 Å². The molecule has 3 aromatic rings. The molecule has 0 saturated heterocycles. The van der Waals surface area contributed by atoms with Gasteiger partial charge in [0.15, 0.2) is 0 Å². The quantitative estimate of drug-likeness (QED) is 0.624. The summed E-state index contributed by atoms with van der Waals surface area (Å²) in [5.41, 5.74) is -0.518. The predicted molar refractivity (Wildman–Crippen MR) is 97.9 cm³/mol. The van der Waals surface area contributed by atoms with Gasteiger partial charge >= 0.3 is 6.18 Å². The van der Waals surface area contributed by atoms with Crippen LogP contribution < -0.4 is 10.1 Å². The minimum absolute atomic E-state index is 0.115. The summed E-state index contributed by atoms with van der Waals surface area (Å²) in [6.45, 7) is 0. The molecule has 1 amide bonds. The van der Waals surface area contributed by atoms with Crippen LogP contribution in [0.1, 0.15) is 33.2 Å². The summed E-state index contributed by atoms with van der Waals surface area (Å²) in [6.07, 6.45) is -3.17. The van der Waals surface area contributed by atoms with Crippen LogP contribution in [0.2, 0.25) is 0 Å². The van der Waals surface area contributed by atoms with Gasteiger partial charge in [-0.05, 0) is 42.0 Å². The number of aromatic nitrogens is 1. The molecule has 0 radical (unpaired) electrons. The number of ether oxygens (including phenoxy) is 1. The minimum atomic E-state index is -4.51. The molecule has 4 nitrogen and oxygen atoms in total. The topological polar surface area (TPSA) is 51.2 Å². The number of hydrogen-bond acceptors (Lipinski definition) is 3. The predicted octanol–water partition coefficient (Wildman–Crippen LogP) is 4.77. The van der Waals surface area contributed by atoms with Gasteiger partial charge in [0.1, 0.15) is 17.3 Å². The maximum absolute atomic E-state index is 14.4. The number of halogens is 4. The lowest BCUT2D eigenvalue weighted by atomic mass is 10.00. The van der Waals surface area contributed by atoms with Gasteiger partial charge in [-0.3, -0.25) is 9.78 Å². The number of nitrogens with zero attached hydrogens (tertiary/aromatic N) is 1. The van der Waals surface area contributed by atoms with Crippen molar-refractivity contribution in [3.63, 3.8) is 0 Å². The van der Waals surface area contributed by atoms with Crippen molar-refractivity contribution >= 4 is 5.91 Å². The second-order valence-corrected chi connectivity index (χ2v) is 6.10. The maximum atomic E-state index is 14.4. The van der Waals surface area contributed by atoms with E-state index in [1.165, 1.54) is 37.6 Å². The highest BCUT2D eigenvalue weighted by molar-refractivity contribution is 5.97. The molecule has 1 N–H and O–H groups in total. The zero-order valence-electron chi connectivity index (χ0n) is 15.2. The third-order valence-electron chi connectivity index (χ3n) is 4.26. The van der Waals surface area contributed by atoms with Gasteiger partial charge in [0.25, 0.3) is 5.91 Å². The van der Waals surface area contributed by atoms with Crippen molar-refractivity contribution < 1.29 is 27.1 Å². The van der Waals surface area contributed by atoms with E-state index in [4.69, 9.17) is 4.74 Å². The van der Waals surface area contributed by atoms with Crippen LogP contribution in [0.3, 0.4) is 0 Å². The van der Waals surface area contributed by atoms with Crippen LogP contribution in [-0.4, -0.2) is 18.0 Å². The van der Waals surface area contributed by atoms with E-state index in [9.17, 15) is 22.4 Å². The van der Waals surface area contributed by atoms with Gasteiger partial charge in [0, 0.05) is 6.20 Å². The van der Waals surface area contributed by atoms with Gasteiger partial charge in [-0.15, -0.1) is 0 Å². The Balaban J connectivity index is 2.00. The summed E-state index contributed by atoms with van der Waals surface area (Å²) in [7, 11) is 1.40. The van der Waals surface area contributed by atoms with Gasteiger partial charge in [-0.1, -0.05) is 24.3 Å². The second kappa shape index (κ2) is 8.30. The summed E-state index contributed by atoms with van der Waals surface area (Å²) in [5.74, 6) is -0.979. The maximum Gasteiger partial charge on any atom is 0.416 e. The summed E-state index contributed by atoms with van der Waals surface area (Å²) in [5, 5.41) is 2.64. The molecule has 0 aliphatic heterocycles. The van der Waals surface area contributed by atoms with Crippen LogP contribution in [0.5, 0.6) is 5.75 Å². The van der Waals surface area contributed by atoms with Crippen LogP contribution in [0.25, 0.3) is 0 Å². The number of carbonyl (C=O) groups excluding carboxylic acids is 1. The lowest BCUT2D eigenvalue weighted by Crippen LogP contribution is -2.31. The Morgan fingerprint density at radius 1 is 1.03 bits per heavy atom. The molecule has 0 aliphatic rings. The Hall–Kier alpha value is -3.42. The minimum Gasteiger partial charge on any atom is -0.496 e. The van der Waals surface area contributed by atoms with Crippen LogP contribution in [-0.2, 0) is 6.18 Å². The third kappa shape index (κ3) is 4.53. The number of nitrogens with one attached hydrogen (secondary N) is 1. The summed E-state index contributed by atoms with van der Waals surface area (Å²) < 4.78 is 58.1. The molecule has 0 fully saturated rings. The number of rotatable bonds is 5. The van der Waals surface area contributed by atoms with Crippen LogP contribution in [0, 0.1) is 5.82 Å². The molecule has 2 aromatic carbocycles. The molecule has 0 saturated carbocycles. The molecule has 29 heavy (non-hydrogen) atoms. The fourth-order valence-corrected chi connectivity index (χ4v) is 2.83. The molecule has 1 heterocycles. The van der Waals surface area contributed by atoms with Crippen molar-refractivity contribution in [2.45, 2.75) is 12.2 Å². The number of pyridine rings is 1. The van der Waals surface area contributed by atoms with Crippen molar-refractivity contribution in [2.75, 3.05) is 7.11 Å². The summed E-state index contributed by atoms with van der Waals surface area (Å²) >= 11 is 0. The monoisotopic (exact) mass is 404 g/mol. The molecule has 8 heteroatoms. The number of para-hydroxylation sites is 1. The molecular weight excluding hydrogens is 388 g/mol. The molecule has 150 valence electrons. The first-order valence-electron chi connectivity index (χ1n) is 8.52. The van der Waals surface area contributed by atoms with E-state index < -0.39 is 29.5 Å². The van der Waals surface area contributed by atoms with Gasteiger partial charge < -0.3 is 10.1 Å². The van der Waals surface area contributed by atoms with Crippen LogP contribution >= 0.6 is 0 Å². The highest BCUT2D eigenvalue weighted by Crippen LogP contribution is 2.31. The highest BCUT2D eigenvalue weighted by Gasteiger charge is 2.31.